The van der Waals surface area contributed by atoms with Crippen LogP contribution in [0.15, 0.2) is 63.5 Å². The van der Waals surface area contributed by atoms with Crippen LogP contribution in [0.3, 0.4) is 0 Å². The van der Waals surface area contributed by atoms with Gasteiger partial charge in [-0.25, -0.2) is 0 Å². The van der Waals surface area contributed by atoms with Crippen molar-refractivity contribution in [2.45, 2.75) is 26.5 Å². The van der Waals surface area contributed by atoms with E-state index < -0.39 is 6.10 Å². The van der Waals surface area contributed by atoms with Crippen molar-refractivity contribution < 1.29 is 5.11 Å². The highest BCUT2D eigenvalue weighted by Crippen LogP contribution is 2.33. The molecule has 4 aromatic rings. The van der Waals surface area contributed by atoms with Gasteiger partial charge in [-0.2, -0.15) is 0 Å². The van der Waals surface area contributed by atoms with Crippen molar-refractivity contribution in [1.82, 2.24) is 4.57 Å². The Morgan fingerprint density at radius 3 is 2.07 bits per heavy atom. The Hall–Kier alpha value is -1.82. The summed E-state index contributed by atoms with van der Waals surface area (Å²) in [6, 6.07) is 18.9. The number of aliphatic hydroxyl groups is 1. The molecule has 0 aliphatic carbocycles. The van der Waals surface area contributed by atoms with Crippen molar-refractivity contribution in [3.8, 4) is 0 Å². The highest BCUT2D eigenvalue weighted by molar-refractivity contribution is 9.10. The van der Waals surface area contributed by atoms with Crippen LogP contribution in [0.25, 0.3) is 21.8 Å². The predicted molar refractivity (Wildman–Crippen MR) is 125 cm³/mol. The van der Waals surface area contributed by atoms with E-state index in [1.165, 1.54) is 21.9 Å². The second kappa shape index (κ2) is 7.90. The minimum Gasteiger partial charge on any atom is -0.389 e. The van der Waals surface area contributed by atoms with Gasteiger partial charge in [0.25, 0.3) is 0 Å². The lowest BCUT2D eigenvalue weighted by Gasteiger charge is -2.17. The molecule has 0 saturated carbocycles. The number of nitrogens with one attached hydrogen (secondary N) is 1. The van der Waals surface area contributed by atoms with Crippen LogP contribution in [-0.4, -0.2) is 22.3 Å². The Balaban J connectivity index is 1.63. The van der Waals surface area contributed by atoms with Gasteiger partial charge in [0.05, 0.1) is 12.6 Å². The molecule has 0 amide bonds. The molecular weight excluding hydrogens is 480 g/mol. The van der Waals surface area contributed by atoms with E-state index in [-0.39, 0.29) is 0 Å². The molecule has 0 radical (unpaired) electrons. The van der Waals surface area contributed by atoms with Crippen LogP contribution in [0.1, 0.15) is 11.1 Å². The number of nitrogens with zero attached hydrogens (tertiary/aromatic N) is 1. The van der Waals surface area contributed by atoms with Gasteiger partial charge in [0.1, 0.15) is 0 Å². The van der Waals surface area contributed by atoms with E-state index in [2.05, 4.69) is 98.1 Å². The Morgan fingerprint density at radius 2 is 1.50 bits per heavy atom. The van der Waals surface area contributed by atoms with Crippen molar-refractivity contribution >= 4 is 59.4 Å². The predicted octanol–water partition coefficient (Wildman–Crippen LogP) is 6.41. The summed E-state index contributed by atoms with van der Waals surface area (Å²) >= 11 is 7.16. The quantitative estimate of drug-likeness (QED) is 0.331. The number of hydrogen-bond donors (Lipinski definition) is 2. The minimum atomic E-state index is -0.508. The van der Waals surface area contributed by atoms with Gasteiger partial charge in [-0.3, -0.25) is 0 Å². The Bertz CT molecular complexity index is 1110. The van der Waals surface area contributed by atoms with Gasteiger partial charge < -0.3 is 15.0 Å². The zero-order valence-corrected chi connectivity index (χ0v) is 19.0. The topological polar surface area (TPSA) is 37.2 Å². The first kappa shape index (κ1) is 19.5. The van der Waals surface area contributed by atoms with Crippen molar-refractivity contribution in [3.05, 3.63) is 74.7 Å². The Labute approximate surface area is 181 Å². The number of fused-ring (bicyclic) bond motifs is 3. The number of hydrogen-bond acceptors (Lipinski definition) is 2. The lowest BCUT2D eigenvalue weighted by Crippen LogP contribution is -2.25. The summed E-state index contributed by atoms with van der Waals surface area (Å²) in [7, 11) is 0. The highest BCUT2D eigenvalue weighted by Gasteiger charge is 2.15. The summed E-state index contributed by atoms with van der Waals surface area (Å²) in [6.07, 6.45) is -0.508. The lowest BCUT2D eigenvalue weighted by atomic mass is 10.1. The van der Waals surface area contributed by atoms with Crippen LogP contribution in [0.4, 0.5) is 5.69 Å². The molecule has 0 spiro atoms. The maximum absolute atomic E-state index is 10.8. The molecule has 0 aliphatic heterocycles. The number of aryl methyl sites for hydroxylation is 2. The van der Waals surface area contributed by atoms with Gasteiger partial charge in [0, 0.05) is 43.0 Å². The summed E-state index contributed by atoms with van der Waals surface area (Å²) in [4.78, 5) is 0. The molecule has 1 heterocycles. The number of halogens is 2. The van der Waals surface area contributed by atoms with Crippen molar-refractivity contribution in [1.29, 1.82) is 0 Å². The zero-order valence-electron chi connectivity index (χ0n) is 15.8. The summed E-state index contributed by atoms with van der Waals surface area (Å²) in [5, 5.41) is 16.5. The van der Waals surface area contributed by atoms with Crippen LogP contribution in [0.2, 0.25) is 0 Å². The van der Waals surface area contributed by atoms with Gasteiger partial charge >= 0.3 is 0 Å². The molecule has 0 saturated heterocycles. The van der Waals surface area contributed by atoms with Gasteiger partial charge in [0.15, 0.2) is 0 Å². The SMILES string of the molecule is Cc1ccc(NC[C@@H](O)Cn2c3ccc(Br)cc3c3cc(Br)ccc32)c(C)c1. The molecular formula is C23H22Br2N2O. The fourth-order valence-corrected chi connectivity index (χ4v) is 4.48. The second-order valence-corrected chi connectivity index (χ2v) is 9.12. The number of aromatic nitrogens is 1. The first-order valence-corrected chi connectivity index (χ1v) is 10.9. The van der Waals surface area contributed by atoms with Crippen LogP contribution in [0.5, 0.6) is 0 Å². The third-order valence-electron chi connectivity index (χ3n) is 5.09. The molecule has 0 unspecified atom stereocenters. The van der Waals surface area contributed by atoms with Crippen LogP contribution in [-0.2, 0) is 6.54 Å². The third-order valence-corrected chi connectivity index (χ3v) is 6.08. The summed E-state index contributed by atoms with van der Waals surface area (Å²) in [5.41, 5.74) is 5.76. The number of aliphatic hydroxyl groups excluding tert-OH is 1. The average molecular weight is 502 g/mol. The third kappa shape index (κ3) is 3.84. The van der Waals surface area contributed by atoms with Crippen molar-refractivity contribution in [2.24, 2.45) is 0 Å². The molecule has 144 valence electrons. The molecule has 1 atom stereocenters. The van der Waals surface area contributed by atoms with E-state index in [0.717, 1.165) is 25.7 Å². The normalized spacial score (nSPS) is 12.6. The number of anilines is 1. The van der Waals surface area contributed by atoms with Crippen LogP contribution >= 0.6 is 31.9 Å². The van der Waals surface area contributed by atoms with E-state index >= 15 is 0 Å². The second-order valence-electron chi connectivity index (χ2n) is 7.29. The minimum absolute atomic E-state index is 0.498. The fourth-order valence-electron chi connectivity index (χ4n) is 3.76. The van der Waals surface area contributed by atoms with Gasteiger partial charge in [0.2, 0.25) is 0 Å². The average Bonchev–Trinajstić information content (AvgIpc) is 2.93. The molecule has 4 rings (SSSR count). The molecule has 1 aromatic heterocycles. The molecule has 2 N–H and O–H groups in total. The molecule has 5 heteroatoms. The molecule has 0 bridgehead atoms. The van der Waals surface area contributed by atoms with Gasteiger partial charge in [-0.15, -0.1) is 0 Å². The highest BCUT2D eigenvalue weighted by atomic mass is 79.9. The van der Waals surface area contributed by atoms with Crippen molar-refractivity contribution in [2.75, 3.05) is 11.9 Å². The lowest BCUT2D eigenvalue weighted by molar-refractivity contribution is 0.169. The van der Waals surface area contributed by atoms with E-state index in [1.54, 1.807) is 0 Å². The van der Waals surface area contributed by atoms with Crippen LogP contribution < -0.4 is 5.32 Å². The van der Waals surface area contributed by atoms with E-state index in [9.17, 15) is 5.11 Å². The molecule has 0 fully saturated rings. The fraction of sp³-hybridized carbons (Fsp3) is 0.217. The summed E-state index contributed by atoms with van der Waals surface area (Å²) in [6.45, 7) is 5.20. The smallest absolute Gasteiger partial charge is 0.0891 e. The van der Waals surface area contributed by atoms with E-state index in [4.69, 9.17) is 0 Å². The zero-order chi connectivity index (χ0) is 19.8. The molecule has 28 heavy (non-hydrogen) atoms. The molecule has 3 nitrogen and oxygen atoms in total. The monoisotopic (exact) mass is 500 g/mol. The Kier molecular flexibility index (Phi) is 5.50. The summed E-state index contributed by atoms with van der Waals surface area (Å²) in [5.74, 6) is 0. The molecule has 0 aliphatic rings. The largest absolute Gasteiger partial charge is 0.389 e. The van der Waals surface area contributed by atoms with Gasteiger partial charge in [-0.1, -0.05) is 49.6 Å². The maximum atomic E-state index is 10.8. The maximum Gasteiger partial charge on any atom is 0.0891 e. The van der Waals surface area contributed by atoms with E-state index in [1.807, 2.05) is 12.1 Å². The summed E-state index contributed by atoms with van der Waals surface area (Å²) < 4.78 is 4.31. The first-order chi connectivity index (χ1) is 13.4. The first-order valence-electron chi connectivity index (χ1n) is 9.28. The molecule has 3 aromatic carbocycles. The number of rotatable bonds is 5. The standard InChI is InChI=1S/C23H22Br2N2O/c1-14-3-6-21(15(2)9-14)26-12-18(28)13-27-22-7-4-16(24)10-19(22)20-11-17(25)5-8-23(20)27/h3-11,18,26,28H,12-13H2,1-2H3/t18-/m1/s1. The van der Waals surface area contributed by atoms with Crippen molar-refractivity contribution in [3.63, 3.8) is 0 Å². The van der Waals surface area contributed by atoms with Crippen LogP contribution in [0, 0.1) is 13.8 Å². The van der Waals surface area contributed by atoms with E-state index in [0.29, 0.717) is 13.1 Å². The number of benzene rings is 3. The van der Waals surface area contributed by atoms with Gasteiger partial charge in [-0.05, 0) is 61.9 Å². The Morgan fingerprint density at radius 1 is 0.893 bits per heavy atom.